The van der Waals surface area contributed by atoms with E-state index >= 15 is 0 Å². The summed E-state index contributed by atoms with van der Waals surface area (Å²) < 4.78 is 0. The summed E-state index contributed by atoms with van der Waals surface area (Å²) in [6, 6.07) is 0. The normalized spacial score (nSPS) is 48.3. The molecule has 3 nitrogen and oxygen atoms in total. The first-order valence-corrected chi connectivity index (χ1v) is 9.66. The van der Waals surface area contributed by atoms with E-state index in [-0.39, 0.29) is 22.4 Å². The van der Waals surface area contributed by atoms with Crippen LogP contribution >= 0.6 is 11.6 Å². The first-order chi connectivity index (χ1) is 11.3. The van der Waals surface area contributed by atoms with Crippen molar-refractivity contribution >= 4 is 17.4 Å². The summed E-state index contributed by atoms with van der Waals surface area (Å²) in [5.41, 5.74) is 0.809. The van der Waals surface area contributed by atoms with Crippen molar-refractivity contribution in [2.24, 2.45) is 28.6 Å². The third-order valence-electron chi connectivity index (χ3n) is 7.98. The number of allylic oxidation sites excluding steroid dienone is 3. The minimum absolute atomic E-state index is 0.0574. The molecule has 0 aromatic heterocycles. The van der Waals surface area contributed by atoms with Gasteiger partial charge in [-0.25, -0.2) is 0 Å². The molecule has 2 fully saturated rings. The number of Topliss-reactive ketones (excluding diaryl/α,β-unsaturated/α-hetero) is 1. The number of halogens is 1. The number of hydrogen-bond donors (Lipinski definition) is 2. The van der Waals surface area contributed by atoms with Crippen LogP contribution in [0, 0.1) is 28.6 Å². The van der Waals surface area contributed by atoms with Crippen molar-refractivity contribution in [3.8, 4) is 0 Å². The van der Waals surface area contributed by atoms with Crippen LogP contribution in [-0.4, -0.2) is 22.1 Å². The Labute approximate surface area is 148 Å². The van der Waals surface area contributed by atoms with Crippen LogP contribution in [0.2, 0.25) is 0 Å². The van der Waals surface area contributed by atoms with E-state index in [2.05, 4.69) is 13.8 Å². The number of carbonyl (C=O) groups excluding carboxylic acids is 1. The van der Waals surface area contributed by atoms with E-state index in [1.807, 2.05) is 6.08 Å². The second-order valence-electron chi connectivity index (χ2n) is 8.86. The SMILES string of the molecule is C[C@]12CC[C@H]3[C@@H](CCC4=C(O)C(=O)CC[C@@]43C)[C@@H]1CC=C(Cl)[C@@H]2O. The average molecular weight is 351 g/mol. The molecule has 0 saturated heterocycles. The summed E-state index contributed by atoms with van der Waals surface area (Å²) in [6.45, 7) is 4.45. The summed E-state index contributed by atoms with van der Waals surface area (Å²) >= 11 is 6.26. The smallest absolute Gasteiger partial charge is 0.197 e. The molecule has 0 aromatic rings. The van der Waals surface area contributed by atoms with Crippen LogP contribution in [0.3, 0.4) is 0 Å². The summed E-state index contributed by atoms with van der Waals surface area (Å²) in [7, 11) is 0. The molecule has 2 saturated carbocycles. The molecule has 0 spiro atoms. The largest absolute Gasteiger partial charge is 0.504 e. The van der Waals surface area contributed by atoms with Gasteiger partial charge in [0.05, 0.1) is 6.10 Å². The van der Waals surface area contributed by atoms with Crippen LogP contribution in [0.4, 0.5) is 0 Å². The van der Waals surface area contributed by atoms with Crippen LogP contribution in [0.15, 0.2) is 22.4 Å². The maximum Gasteiger partial charge on any atom is 0.197 e. The molecule has 4 rings (SSSR count). The Morgan fingerprint density at radius 2 is 1.92 bits per heavy atom. The molecule has 0 heterocycles. The first kappa shape index (κ1) is 16.7. The van der Waals surface area contributed by atoms with Crippen molar-refractivity contribution in [3.63, 3.8) is 0 Å². The Morgan fingerprint density at radius 3 is 2.67 bits per heavy atom. The number of aliphatic hydroxyl groups is 2. The van der Waals surface area contributed by atoms with Crippen LogP contribution in [0.1, 0.15) is 58.8 Å². The molecule has 0 radical (unpaired) electrons. The highest BCUT2D eigenvalue weighted by molar-refractivity contribution is 6.30. The molecule has 4 aliphatic carbocycles. The monoisotopic (exact) mass is 350 g/mol. The van der Waals surface area contributed by atoms with Crippen LogP contribution < -0.4 is 0 Å². The Kier molecular flexibility index (Phi) is 3.71. The third kappa shape index (κ3) is 2.03. The van der Waals surface area contributed by atoms with Gasteiger partial charge in [-0.2, -0.15) is 0 Å². The maximum atomic E-state index is 11.9. The van der Waals surface area contributed by atoms with Gasteiger partial charge in [-0.15, -0.1) is 0 Å². The lowest BCUT2D eigenvalue weighted by molar-refractivity contribution is -0.124. The van der Waals surface area contributed by atoms with Gasteiger partial charge in [0.25, 0.3) is 0 Å². The van der Waals surface area contributed by atoms with Gasteiger partial charge < -0.3 is 10.2 Å². The van der Waals surface area contributed by atoms with E-state index < -0.39 is 6.10 Å². The maximum absolute atomic E-state index is 11.9. The van der Waals surface area contributed by atoms with E-state index in [0.717, 1.165) is 44.1 Å². The van der Waals surface area contributed by atoms with Crippen molar-refractivity contribution in [3.05, 3.63) is 22.4 Å². The predicted molar refractivity (Wildman–Crippen MR) is 93.6 cm³/mol. The first-order valence-electron chi connectivity index (χ1n) is 9.28. The van der Waals surface area contributed by atoms with Gasteiger partial charge in [-0.3, -0.25) is 4.79 Å². The molecule has 0 bridgehead atoms. The summed E-state index contributed by atoms with van der Waals surface area (Å²) in [6.07, 6.45) is 7.54. The second-order valence-corrected chi connectivity index (χ2v) is 9.29. The minimum Gasteiger partial charge on any atom is -0.504 e. The number of aliphatic hydroxyl groups excluding tert-OH is 2. The Hall–Kier alpha value is -0.800. The number of ketones is 1. The summed E-state index contributed by atoms with van der Waals surface area (Å²) in [5, 5.41) is 21.7. The molecule has 0 aliphatic heterocycles. The Bertz CT molecular complexity index is 651. The number of hydrogen-bond acceptors (Lipinski definition) is 3. The van der Waals surface area contributed by atoms with E-state index in [9.17, 15) is 15.0 Å². The summed E-state index contributed by atoms with van der Waals surface area (Å²) in [4.78, 5) is 11.9. The molecule has 6 atom stereocenters. The van der Waals surface area contributed by atoms with Gasteiger partial charge in [-0.05, 0) is 67.3 Å². The van der Waals surface area contributed by atoms with E-state index in [1.165, 1.54) is 0 Å². The lowest BCUT2D eigenvalue weighted by Crippen LogP contribution is -2.55. The average Bonchev–Trinajstić information content (AvgIpc) is 2.55. The molecule has 4 aliphatic rings. The molecule has 4 heteroatoms. The molecule has 0 unspecified atom stereocenters. The molecular weight excluding hydrogens is 324 g/mol. The highest BCUT2D eigenvalue weighted by Crippen LogP contribution is 2.64. The van der Waals surface area contributed by atoms with Crippen LogP contribution in [0.5, 0.6) is 0 Å². The lowest BCUT2D eigenvalue weighted by Gasteiger charge is -2.60. The van der Waals surface area contributed by atoms with Gasteiger partial charge in [0, 0.05) is 16.9 Å². The standard InChI is InChI=1S/C20H27ClO3/c1-19-10-8-16(22)17(23)14(19)4-3-11-12-5-6-15(21)18(24)20(12,2)9-7-13(11)19/h6,11-13,18,23-24H,3-5,7-10H2,1-2H3/t11-,12-,13-,18-,19+,20-/m0/s1. The van der Waals surface area contributed by atoms with E-state index in [4.69, 9.17) is 11.6 Å². The summed E-state index contributed by atoms with van der Waals surface area (Å²) in [5.74, 6) is 1.44. The van der Waals surface area contributed by atoms with Gasteiger partial charge in [0.15, 0.2) is 11.5 Å². The predicted octanol–water partition coefficient (Wildman–Crippen LogP) is 4.50. The fourth-order valence-corrected chi connectivity index (χ4v) is 6.82. The van der Waals surface area contributed by atoms with Gasteiger partial charge in [0.1, 0.15) is 0 Å². The fourth-order valence-electron chi connectivity index (χ4n) is 6.48. The molecular formula is C20H27ClO3. The van der Waals surface area contributed by atoms with Crippen molar-refractivity contribution < 1.29 is 15.0 Å². The zero-order valence-corrected chi connectivity index (χ0v) is 15.3. The number of rotatable bonds is 0. The second kappa shape index (κ2) is 5.35. The van der Waals surface area contributed by atoms with Crippen molar-refractivity contribution in [2.45, 2.75) is 64.9 Å². The van der Waals surface area contributed by atoms with Crippen molar-refractivity contribution in [1.29, 1.82) is 0 Å². The minimum atomic E-state index is -0.551. The van der Waals surface area contributed by atoms with Gasteiger partial charge >= 0.3 is 0 Å². The fraction of sp³-hybridized carbons (Fsp3) is 0.750. The molecule has 0 aromatic carbocycles. The highest BCUT2D eigenvalue weighted by Gasteiger charge is 2.58. The molecule has 132 valence electrons. The molecule has 0 amide bonds. The quantitative estimate of drug-likeness (QED) is 0.676. The van der Waals surface area contributed by atoms with Crippen molar-refractivity contribution in [2.75, 3.05) is 0 Å². The molecule has 2 N–H and O–H groups in total. The van der Waals surface area contributed by atoms with Crippen LogP contribution in [0.25, 0.3) is 0 Å². The van der Waals surface area contributed by atoms with E-state index in [0.29, 0.717) is 29.2 Å². The zero-order chi connectivity index (χ0) is 17.3. The number of carbonyl (C=O) groups is 1. The van der Waals surface area contributed by atoms with E-state index in [1.54, 1.807) is 0 Å². The topological polar surface area (TPSA) is 57.5 Å². The highest BCUT2D eigenvalue weighted by atomic mass is 35.5. The van der Waals surface area contributed by atoms with Gasteiger partial charge in [-0.1, -0.05) is 31.5 Å². The zero-order valence-electron chi connectivity index (χ0n) is 14.5. The Morgan fingerprint density at radius 1 is 1.17 bits per heavy atom. The number of fused-ring (bicyclic) bond motifs is 5. The Balaban J connectivity index is 1.73. The molecule has 24 heavy (non-hydrogen) atoms. The van der Waals surface area contributed by atoms with Crippen molar-refractivity contribution in [1.82, 2.24) is 0 Å². The lowest BCUT2D eigenvalue weighted by atomic mass is 9.45. The third-order valence-corrected chi connectivity index (χ3v) is 8.35. The van der Waals surface area contributed by atoms with Crippen LogP contribution in [-0.2, 0) is 4.79 Å². The van der Waals surface area contributed by atoms with Gasteiger partial charge in [0.2, 0.25) is 0 Å².